The maximum atomic E-state index is 12.9. The Bertz CT molecular complexity index is 974. The molecule has 0 saturated carbocycles. The number of nitrogens with one attached hydrogen (secondary N) is 1. The molecule has 2 aromatic heterocycles. The Morgan fingerprint density at radius 2 is 1.96 bits per heavy atom. The van der Waals surface area contributed by atoms with Crippen molar-refractivity contribution < 1.29 is 4.79 Å². The fourth-order valence-electron chi connectivity index (χ4n) is 3.33. The summed E-state index contributed by atoms with van der Waals surface area (Å²) >= 11 is 0. The van der Waals surface area contributed by atoms with Gasteiger partial charge in [-0.1, -0.05) is 18.2 Å². The molecule has 0 aliphatic rings. The van der Waals surface area contributed by atoms with E-state index in [1.54, 1.807) is 0 Å². The van der Waals surface area contributed by atoms with Crippen LogP contribution in [0.25, 0.3) is 22.2 Å². The molecular weight excluding hydrogens is 338 g/mol. The van der Waals surface area contributed by atoms with Gasteiger partial charge in [-0.15, -0.1) is 0 Å². The van der Waals surface area contributed by atoms with E-state index in [1.807, 2.05) is 70.0 Å². The Morgan fingerprint density at radius 1 is 1.22 bits per heavy atom. The first-order chi connectivity index (χ1) is 12.9. The van der Waals surface area contributed by atoms with Crippen molar-refractivity contribution in [1.82, 2.24) is 25.0 Å². The maximum absolute atomic E-state index is 12.9. The molecule has 3 aromatic rings. The van der Waals surface area contributed by atoms with Crippen LogP contribution < -0.4 is 5.32 Å². The van der Waals surface area contributed by atoms with Crippen LogP contribution in [0.5, 0.6) is 0 Å². The lowest BCUT2D eigenvalue weighted by molar-refractivity contribution is 0.0954. The van der Waals surface area contributed by atoms with E-state index < -0.39 is 0 Å². The minimum atomic E-state index is -0.0622. The number of fused-ring (bicyclic) bond motifs is 1. The van der Waals surface area contributed by atoms with Crippen molar-refractivity contribution in [2.75, 3.05) is 27.2 Å². The van der Waals surface area contributed by atoms with Crippen LogP contribution in [0.15, 0.2) is 30.3 Å². The van der Waals surface area contributed by atoms with Gasteiger partial charge in [-0.25, -0.2) is 4.98 Å². The van der Waals surface area contributed by atoms with Crippen LogP contribution >= 0.6 is 0 Å². The number of pyridine rings is 1. The third-order valence-corrected chi connectivity index (χ3v) is 4.79. The van der Waals surface area contributed by atoms with E-state index in [0.29, 0.717) is 12.1 Å². The Balaban J connectivity index is 2.00. The number of carbonyl (C=O) groups is 1. The largest absolute Gasteiger partial charge is 0.352 e. The number of carbonyl (C=O) groups excluding carboxylic acids is 1. The molecule has 27 heavy (non-hydrogen) atoms. The van der Waals surface area contributed by atoms with Crippen molar-refractivity contribution in [1.29, 1.82) is 0 Å². The molecule has 3 rings (SSSR count). The van der Waals surface area contributed by atoms with Crippen molar-refractivity contribution in [2.24, 2.45) is 7.05 Å². The van der Waals surface area contributed by atoms with Gasteiger partial charge in [0.1, 0.15) is 0 Å². The molecule has 0 bridgehead atoms. The van der Waals surface area contributed by atoms with Crippen LogP contribution in [0.3, 0.4) is 0 Å². The summed E-state index contributed by atoms with van der Waals surface area (Å²) in [6.45, 7) is 5.58. The summed E-state index contributed by atoms with van der Waals surface area (Å²) in [5, 5.41) is 8.40. The molecule has 1 N–H and O–H groups in total. The summed E-state index contributed by atoms with van der Waals surface area (Å²) in [4.78, 5) is 19.8. The Morgan fingerprint density at radius 3 is 2.63 bits per heavy atom. The van der Waals surface area contributed by atoms with Crippen molar-refractivity contribution in [3.8, 4) is 11.3 Å². The first kappa shape index (κ1) is 19.0. The number of amides is 1. The van der Waals surface area contributed by atoms with Crippen LogP contribution in [0.2, 0.25) is 0 Å². The van der Waals surface area contributed by atoms with Gasteiger partial charge in [-0.05, 0) is 53.0 Å². The minimum absolute atomic E-state index is 0.0622. The average molecular weight is 365 g/mol. The molecule has 0 atom stereocenters. The zero-order chi connectivity index (χ0) is 19.6. The molecule has 142 valence electrons. The highest BCUT2D eigenvalue weighted by Gasteiger charge is 2.18. The molecule has 0 fully saturated rings. The zero-order valence-corrected chi connectivity index (χ0v) is 16.7. The summed E-state index contributed by atoms with van der Waals surface area (Å²) < 4.78 is 1.85. The number of rotatable bonds is 6. The van der Waals surface area contributed by atoms with Gasteiger partial charge in [0.15, 0.2) is 0 Å². The van der Waals surface area contributed by atoms with Gasteiger partial charge < -0.3 is 10.2 Å². The lowest BCUT2D eigenvalue weighted by atomic mass is 10.0. The van der Waals surface area contributed by atoms with Crippen molar-refractivity contribution >= 4 is 16.8 Å². The highest BCUT2D eigenvalue weighted by molar-refractivity contribution is 6.07. The van der Waals surface area contributed by atoms with Crippen LogP contribution in [0, 0.1) is 13.8 Å². The predicted octanol–water partition coefficient (Wildman–Crippen LogP) is 2.93. The van der Waals surface area contributed by atoms with Crippen LogP contribution in [-0.2, 0) is 7.05 Å². The first-order valence-electron chi connectivity index (χ1n) is 9.21. The second-order valence-electron chi connectivity index (χ2n) is 7.15. The number of para-hydroxylation sites is 1. The molecule has 6 nitrogen and oxygen atoms in total. The molecule has 0 unspecified atom stereocenters. The summed E-state index contributed by atoms with van der Waals surface area (Å²) in [6.07, 6.45) is 0.912. The lowest BCUT2D eigenvalue weighted by Crippen LogP contribution is -2.27. The normalized spacial score (nSPS) is 11.3. The van der Waals surface area contributed by atoms with Crippen molar-refractivity contribution in [3.63, 3.8) is 0 Å². The standard InChI is InChI=1S/C21H27N5O/c1-14-20(15(2)26(5)24-14)19-13-17(16-9-6-7-10-18(16)23-19)21(27)22-11-8-12-25(3)4/h6-7,9-10,13H,8,11-12H2,1-5H3,(H,22,27). The van der Waals surface area contributed by atoms with Gasteiger partial charge >= 0.3 is 0 Å². The van der Waals surface area contributed by atoms with Gasteiger partial charge in [0.25, 0.3) is 5.91 Å². The molecule has 0 aliphatic heterocycles. The smallest absolute Gasteiger partial charge is 0.252 e. The van der Waals surface area contributed by atoms with E-state index in [1.165, 1.54) is 0 Å². The molecule has 0 spiro atoms. The number of nitrogens with zero attached hydrogens (tertiary/aromatic N) is 4. The SMILES string of the molecule is Cc1nn(C)c(C)c1-c1cc(C(=O)NCCCN(C)C)c2ccccc2n1. The van der Waals surface area contributed by atoms with Crippen LogP contribution in [-0.4, -0.2) is 52.8 Å². The van der Waals surface area contributed by atoms with Gasteiger partial charge in [0, 0.05) is 30.2 Å². The molecule has 1 amide bonds. The minimum Gasteiger partial charge on any atom is -0.352 e. The molecule has 0 radical (unpaired) electrons. The van der Waals surface area contributed by atoms with E-state index in [0.717, 1.165) is 46.5 Å². The average Bonchev–Trinajstić information content (AvgIpc) is 2.89. The zero-order valence-electron chi connectivity index (χ0n) is 16.7. The maximum Gasteiger partial charge on any atom is 0.252 e. The first-order valence-corrected chi connectivity index (χ1v) is 9.21. The number of benzene rings is 1. The highest BCUT2D eigenvalue weighted by Crippen LogP contribution is 2.29. The fourth-order valence-corrected chi connectivity index (χ4v) is 3.33. The van der Waals surface area contributed by atoms with Gasteiger partial charge in [0.05, 0.1) is 22.5 Å². The number of aryl methyl sites for hydroxylation is 2. The Hall–Kier alpha value is -2.73. The molecule has 1 aromatic carbocycles. The van der Waals surface area contributed by atoms with Gasteiger partial charge in [0.2, 0.25) is 0 Å². The lowest BCUT2D eigenvalue weighted by Gasteiger charge is -2.12. The van der Waals surface area contributed by atoms with E-state index in [-0.39, 0.29) is 5.91 Å². The van der Waals surface area contributed by atoms with Gasteiger partial charge in [-0.2, -0.15) is 5.10 Å². The summed E-state index contributed by atoms with van der Waals surface area (Å²) in [6, 6.07) is 9.67. The summed E-state index contributed by atoms with van der Waals surface area (Å²) in [7, 11) is 5.98. The quantitative estimate of drug-likeness (QED) is 0.682. The number of hydrogen-bond donors (Lipinski definition) is 1. The number of aromatic nitrogens is 3. The highest BCUT2D eigenvalue weighted by atomic mass is 16.1. The van der Waals surface area contributed by atoms with E-state index >= 15 is 0 Å². The van der Waals surface area contributed by atoms with E-state index in [9.17, 15) is 4.79 Å². The monoisotopic (exact) mass is 365 g/mol. The third kappa shape index (κ3) is 4.01. The van der Waals surface area contributed by atoms with Gasteiger partial charge in [-0.3, -0.25) is 9.48 Å². The van der Waals surface area contributed by atoms with Crippen molar-refractivity contribution in [3.05, 3.63) is 47.3 Å². The summed E-state index contributed by atoms with van der Waals surface area (Å²) in [5.74, 6) is -0.0622. The Kier molecular flexibility index (Phi) is 5.56. The van der Waals surface area contributed by atoms with Crippen molar-refractivity contribution in [2.45, 2.75) is 20.3 Å². The summed E-state index contributed by atoms with van der Waals surface area (Å²) in [5.41, 5.74) is 5.20. The number of hydrogen-bond acceptors (Lipinski definition) is 4. The topological polar surface area (TPSA) is 63.1 Å². The van der Waals surface area contributed by atoms with E-state index in [4.69, 9.17) is 4.98 Å². The molecule has 2 heterocycles. The molecular formula is C21H27N5O. The third-order valence-electron chi connectivity index (χ3n) is 4.79. The Labute approximate surface area is 160 Å². The van der Waals surface area contributed by atoms with Crippen LogP contribution in [0.1, 0.15) is 28.2 Å². The second-order valence-corrected chi connectivity index (χ2v) is 7.15. The molecule has 0 aliphatic carbocycles. The molecule has 6 heteroatoms. The fraction of sp³-hybridized carbons (Fsp3) is 0.381. The van der Waals surface area contributed by atoms with E-state index in [2.05, 4.69) is 15.3 Å². The second kappa shape index (κ2) is 7.88. The predicted molar refractivity (Wildman–Crippen MR) is 109 cm³/mol. The molecule has 0 saturated heterocycles. The van der Waals surface area contributed by atoms with Crippen LogP contribution in [0.4, 0.5) is 0 Å².